The number of benzene rings is 1. The van der Waals surface area contributed by atoms with E-state index in [4.69, 9.17) is 10.00 Å². The van der Waals surface area contributed by atoms with Gasteiger partial charge in [0.25, 0.3) is 5.91 Å². The summed E-state index contributed by atoms with van der Waals surface area (Å²) in [7, 11) is 0. The van der Waals surface area contributed by atoms with Crippen molar-refractivity contribution in [1.29, 1.82) is 5.26 Å². The highest BCUT2D eigenvalue weighted by molar-refractivity contribution is 5.81. The molecule has 0 radical (unpaired) electrons. The Balaban J connectivity index is 1.94. The van der Waals surface area contributed by atoms with E-state index in [1.807, 2.05) is 6.07 Å². The standard InChI is InChI=1S/C13H14N2O2/c1-9(13(16)15-11-5-6-11)17-12-4-2-3-10(7-12)8-14/h2-4,7,9,11H,5-6H2,1H3,(H,15,16)/t9-/m1/s1. The molecular formula is C13H14N2O2. The van der Waals surface area contributed by atoms with E-state index in [-0.39, 0.29) is 5.91 Å². The number of hydrogen-bond acceptors (Lipinski definition) is 3. The number of rotatable bonds is 4. The average molecular weight is 230 g/mol. The molecule has 0 heterocycles. The summed E-state index contributed by atoms with van der Waals surface area (Å²) in [4.78, 5) is 11.7. The smallest absolute Gasteiger partial charge is 0.260 e. The molecule has 1 aliphatic carbocycles. The fraction of sp³-hybridized carbons (Fsp3) is 0.385. The maximum atomic E-state index is 11.7. The number of ether oxygens (including phenoxy) is 1. The molecule has 1 N–H and O–H groups in total. The first-order chi connectivity index (χ1) is 8.19. The molecule has 0 aromatic heterocycles. The van der Waals surface area contributed by atoms with Gasteiger partial charge in [-0.15, -0.1) is 0 Å². The zero-order valence-corrected chi connectivity index (χ0v) is 9.64. The van der Waals surface area contributed by atoms with Crippen molar-refractivity contribution in [1.82, 2.24) is 5.32 Å². The molecule has 88 valence electrons. The van der Waals surface area contributed by atoms with Crippen LogP contribution in [0.3, 0.4) is 0 Å². The molecule has 17 heavy (non-hydrogen) atoms. The third-order valence-corrected chi connectivity index (χ3v) is 2.57. The summed E-state index contributed by atoms with van der Waals surface area (Å²) in [5.74, 6) is 0.442. The van der Waals surface area contributed by atoms with Crippen LogP contribution in [0.2, 0.25) is 0 Å². The van der Waals surface area contributed by atoms with Crippen LogP contribution in [0.4, 0.5) is 0 Å². The normalized spacial score (nSPS) is 15.8. The Kier molecular flexibility index (Phi) is 3.29. The lowest BCUT2D eigenvalue weighted by Gasteiger charge is -2.14. The van der Waals surface area contributed by atoms with Crippen molar-refractivity contribution in [3.8, 4) is 11.8 Å². The predicted molar refractivity (Wildman–Crippen MR) is 62.4 cm³/mol. The van der Waals surface area contributed by atoms with Gasteiger partial charge in [-0.25, -0.2) is 0 Å². The summed E-state index contributed by atoms with van der Waals surface area (Å²) >= 11 is 0. The summed E-state index contributed by atoms with van der Waals surface area (Å²) in [6.45, 7) is 1.71. The molecule has 0 spiro atoms. The zero-order chi connectivity index (χ0) is 12.3. The van der Waals surface area contributed by atoms with Crippen molar-refractivity contribution in [3.05, 3.63) is 29.8 Å². The molecule has 1 saturated carbocycles. The van der Waals surface area contributed by atoms with Crippen LogP contribution >= 0.6 is 0 Å². The van der Waals surface area contributed by atoms with Gasteiger partial charge in [-0.2, -0.15) is 5.26 Å². The Morgan fingerprint density at radius 2 is 2.35 bits per heavy atom. The van der Waals surface area contributed by atoms with Gasteiger partial charge in [0.05, 0.1) is 11.6 Å². The molecule has 4 heteroatoms. The van der Waals surface area contributed by atoms with E-state index in [9.17, 15) is 4.79 Å². The van der Waals surface area contributed by atoms with Gasteiger partial charge in [0.15, 0.2) is 6.10 Å². The van der Waals surface area contributed by atoms with Crippen LogP contribution in [0.5, 0.6) is 5.75 Å². The van der Waals surface area contributed by atoms with Gasteiger partial charge >= 0.3 is 0 Å². The van der Waals surface area contributed by atoms with E-state index in [1.54, 1.807) is 31.2 Å². The Bertz CT molecular complexity index is 461. The molecule has 0 saturated heterocycles. The summed E-state index contributed by atoms with van der Waals surface area (Å²) in [6.07, 6.45) is 1.58. The highest BCUT2D eigenvalue weighted by Crippen LogP contribution is 2.19. The fourth-order valence-corrected chi connectivity index (χ4v) is 1.44. The summed E-state index contributed by atoms with van der Waals surface area (Å²) in [6, 6.07) is 9.16. The second-order valence-electron chi connectivity index (χ2n) is 4.18. The van der Waals surface area contributed by atoms with Crippen LogP contribution in [-0.4, -0.2) is 18.1 Å². The van der Waals surface area contributed by atoms with Gasteiger partial charge in [0.1, 0.15) is 5.75 Å². The number of carbonyl (C=O) groups is 1. The van der Waals surface area contributed by atoms with E-state index < -0.39 is 6.10 Å². The minimum atomic E-state index is -0.537. The molecular weight excluding hydrogens is 216 g/mol. The number of amides is 1. The van der Waals surface area contributed by atoms with Crippen molar-refractivity contribution in [3.63, 3.8) is 0 Å². The second kappa shape index (κ2) is 4.88. The maximum absolute atomic E-state index is 11.7. The van der Waals surface area contributed by atoms with Gasteiger partial charge in [0.2, 0.25) is 0 Å². The average Bonchev–Trinajstić information content (AvgIpc) is 3.13. The van der Waals surface area contributed by atoms with Crippen LogP contribution in [0.15, 0.2) is 24.3 Å². The quantitative estimate of drug-likeness (QED) is 0.854. The Morgan fingerprint density at radius 3 is 3.00 bits per heavy atom. The first-order valence-corrected chi connectivity index (χ1v) is 5.66. The van der Waals surface area contributed by atoms with Gasteiger partial charge in [-0.1, -0.05) is 6.07 Å². The third-order valence-electron chi connectivity index (χ3n) is 2.57. The number of hydrogen-bond donors (Lipinski definition) is 1. The lowest BCUT2D eigenvalue weighted by Crippen LogP contribution is -2.37. The van der Waals surface area contributed by atoms with Gasteiger partial charge in [-0.3, -0.25) is 4.79 Å². The minimum absolute atomic E-state index is 0.102. The highest BCUT2D eigenvalue weighted by atomic mass is 16.5. The summed E-state index contributed by atoms with van der Waals surface area (Å²) in [5.41, 5.74) is 0.525. The molecule has 1 atom stereocenters. The van der Waals surface area contributed by atoms with Crippen molar-refractivity contribution < 1.29 is 9.53 Å². The second-order valence-corrected chi connectivity index (χ2v) is 4.18. The lowest BCUT2D eigenvalue weighted by molar-refractivity contribution is -0.127. The van der Waals surface area contributed by atoms with Crippen molar-refractivity contribution in [2.75, 3.05) is 0 Å². The fourth-order valence-electron chi connectivity index (χ4n) is 1.44. The Morgan fingerprint density at radius 1 is 1.59 bits per heavy atom. The zero-order valence-electron chi connectivity index (χ0n) is 9.64. The van der Waals surface area contributed by atoms with Crippen molar-refractivity contribution in [2.45, 2.75) is 31.9 Å². The van der Waals surface area contributed by atoms with Crippen LogP contribution < -0.4 is 10.1 Å². The topological polar surface area (TPSA) is 62.1 Å². The third kappa shape index (κ3) is 3.22. The summed E-state index contributed by atoms with van der Waals surface area (Å²) in [5, 5.41) is 11.6. The molecule has 1 fully saturated rings. The van der Waals surface area contributed by atoms with Crippen molar-refractivity contribution in [2.24, 2.45) is 0 Å². The van der Waals surface area contributed by atoms with Crippen LogP contribution in [0.1, 0.15) is 25.3 Å². The molecule has 1 aromatic carbocycles. The monoisotopic (exact) mass is 230 g/mol. The first-order valence-electron chi connectivity index (χ1n) is 5.66. The Hall–Kier alpha value is -2.02. The SMILES string of the molecule is C[C@@H](Oc1cccc(C#N)c1)C(=O)NC1CC1. The largest absolute Gasteiger partial charge is 0.481 e. The predicted octanol–water partition coefficient (Wildman–Crippen LogP) is 1.60. The van der Waals surface area contributed by atoms with Crippen LogP contribution in [0, 0.1) is 11.3 Å². The van der Waals surface area contributed by atoms with E-state index in [2.05, 4.69) is 5.32 Å². The van der Waals surface area contributed by atoms with Crippen LogP contribution in [-0.2, 0) is 4.79 Å². The van der Waals surface area contributed by atoms with E-state index in [0.29, 0.717) is 17.4 Å². The van der Waals surface area contributed by atoms with Gasteiger partial charge < -0.3 is 10.1 Å². The number of carbonyl (C=O) groups excluding carboxylic acids is 1. The van der Waals surface area contributed by atoms with Gasteiger partial charge in [0, 0.05) is 6.04 Å². The molecule has 2 rings (SSSR count). The number of nitriles is 1. The summed E-state index contributed by atoms with van der Waals surface area (Å²) < 4.78 is 5.48. The molecule has 1 aromatic rings. The molecule has 0 unspecified atom stereocenters. The minimum Gasteiger partial charge on any atom is -0.481 e. The molecule has 1 amide bonds. The highest BCUT2D eigenvalue weighted by Gasteiger charge is 2.26. The first kappa shape index (κ1) is 11.5. The van der Waals surface area contributed by atoms with E-state index >= 15 is 0 Å². The molecule has 4 nitrogen and oxygen atoms in total. The Labute approximate surface area is 100 Å². The molecule has 1 aliphatic rings. The van der Waals surface area contributed by atoms with Gasteiger partial charge in [-0.05, 0) is 38.0 Å². The lowest BCUT2D eigenvalue weighted by atomic mass is 10.2. The van der Waals surface area contributed by atoms with Crippen LogP contribution in [0.25, 0.3) is 0 Å². The number of nitrogens with zero attached hydrogens (tertiary/aromatic N) is 1. The van der Waals surface area contributed by atoms with E-state index in [1.165, 1.54) is 0 Å². The van der Waals surface area contributed by atoms with Crippen molar-refractivity contribution >= 4 is 5.91 Å². The molecule has 0 bridgehead atoms. The molecule has 0 aliphatic heterocycles. The van der Waals surface area contributed by atoms with E-state index in [0.717, 1.165) is 12.8 Å². The maximum Gasteiger partial charge on any atom is 0.260 e. The number of nitrogens with one attached hydrogen (secondary N) is 1.